The van der Waals surface area contributed by atoms with Crippen molar-refractivity contribution >= 4 is 28.2 Å². The van der Waals surface area contributed by atoms with Gasteiger partial charge in [0.25, 0.3) is 5.91 Å². The molecule has 0 saturated carbocycles. The summed E-state index contributed by atoms with van der Waals surface area (Å²) in [7, 11) is -2.67. The maximum absolute atomic E-state index is 11.3. The second-order valence-corrected chi connectivity index (χ2v) is 5.81. The third-order valence-corrected chi connectivity index (χ3v) is 3.75. The number of amides is 1. The molecule has 1 aromatic carbocycles. The summed E-state index contributed by atoms with van der Waals surface area (Å²) >= 11 is 5.91. The van der Waals surface area contributed by atoms with Crippen LogP contribution in [-0.4, -0.2) is 18.9 Å². The Bertz CT molecular complexity index is 835. The predicted octanol–water partition coefficient (Wildman–Crippen LogP) is 0.738. The van der Waals surface area contributed by atoms with Crippen LogP contribution >= 0.6 is 11.6 Å². The van der Waals surface area contributed by atoms with Gasteiger partial charge in [-0.15, -0.1) is 0 Å². The van der Waals surface area contributed by atoms with E-state index in [1.54, 1.807) is 12.1 Å². The Morgan fingerprint density at radius 3 is 2.67 bits per heavy atom. The highest BCUT2D eigenvalue weighted by Gasteiger charge is 2.09. The first-order valence-electron chi connectivity index (χ1n) is 5.86. The van der Waals surface area contributed by atoms with E-state index < -0.39 is 16.6 Å². The van der Waals surface area contributed by atoms with E-state index in [9.17, 15) is 13.2 Å². The highest BCUT2D eigenvalue weighted by atomic mass is 35.5. The van der Waals surface area contributed by atoms with Crippen LogP contribution in [0.25, 0.3) is 0 Å². The fourth-order valence-electron chi connectivity index (χ4n) is 1.89. The number of aromatic nitrogens is 1. The van der Waals surface area contributed by atoms with Crippen molar-refractivity contribution in [3.05, 3.63) is 58.2 Å². The molecule has 0 bridgehead atoms. The summed E-state index contributed by atoms with van der Waals surface area (Å²) in [6.45, 7) is 0.205. The van der Waals surface area contributed by atoms with Crippen molar-refractivity contribution < 1.29 is 13.2 Å². The number of thiol groups is 1. The lowest BCUT2D eigenvalue weighted by molar-refractivity contribution is 0.0997. The van der Waals surface area contributed by atoms with Gasteiger partial charge in [0.2, 0.25) is 0 Å². The molecule has 6 nitrogen and oxygen atoms in total. The summed E-state index contributed by atoms with van der Waals surface area (Å²) in [5.74, 6) is -0.743. The summed E-state index contributed by atoms with van der Waals surface area (Å²) in [4.78, 5) is 11.5. The quantitative estimate of drug-likeness (QED) is 0.722. The first kappa shape index (κ1) is 15.3. The Labute approximate surface area is 127 Å². The van der Waals surface area contributed by atoms with Crippen molar-refractivity contribution in [3.63, 3.8) is 0 Å². The SMILES string of the molecule is N=c1c(C(N)=O)cc(Cl)cn1Cc1cccc([SH](=O)=O)c1. The van der Waals surface area contributed by atoms with Crippen LogP contribution in [0.3, 0.4) is 0 Å². The Kier molecular flexibility index (Phi) is 4.44. The molecule has 2 aromatic rings. The molecule has 0 fully saturated rings. The molecule has 1 amide bonds. The molecule has 110 valence electrons. The molecule has 3 N–H and O–H groups in total. The van der Waals surface area contributed by atoms with Gasteiger partial charge in [0.05, 0.1) is 15.5 Å². The van der Waals surface area contributed by atoms with Crippen molar-refractivity contribution in [1.29, 1.82) is 5.41 Å². The highest BCUT2D eigenvalue weighted by Crippen LogP contribution is 2.11. The lowest BCUT2D eigenvalue weighted by atomic mass is 10.2. The molecule has 2 rings (SSSR count). The largest absolute Gasteiger partial charge is 0.365 e. The number of rotatable bonds is 4. The summed E-state index contributed by atoms with van der Waals surface area (Å²) in [6, 6.07) is 7.64. The molecule has 0 atom stereocenters. The second-order valence-electron chi connectivity index (χ2n) is 4.34. The Morgan fingerprint density at radius 1 is 1.33 bits per heavy atom. The van der Waals surface area contributed by atoms with Gasteiger partial charge in [0, 0.05) is 12.7 Å². The minimum atomic E-state index is -2.67. The highest BCUT2D eigenvalue weighted by molar-refractivity contribution is 7.72. The van der Waals surface area contributed by atoms with E-state index in [1.807, 2.05) is 0 Å². The molecule has 8 heteroatoms. The van der Waals surface area contributed by atoms with Crippen LogP contribution in [0.1, 0.15) is 15.9 Å². The van der Waals surface area contributed by atoms with Gasteiger partial charge in [-0.2, -0.15) is 0 Å². The number of primary amides is 1. The van der Waals surface area contributed by atoms with E-state index in [0.29, 0.717) is 5.56 Å². The number of nitrogens with one attached hydrogen (secondary N) is 1. The number of nitrogens with two attached hydrogens (primary N) is 1. The van der Waals surface area contributed by atoms with Gasteiger partial charge in [0.15, 0.2) is 10.7 Å². The monoisotopic (exact) mass is 325 g/mol. The van der Waals surface area contributed by atoms with Gasteiger partial charge >= 0.3 is 0 Å². The Morgan fingerprint density at radius 2 is 2.05 bits per heavy atom. The zero-order valence-corrected chi connectivity index (χ0v) is 12.4. The Balaban J connectivity index is 2.47. The van der Waals surface area contributed by atoms with E-state index in [1.165, 1.54) is 29.0 Å². The molecule has 0 radical (unpaired) electrons. The number of halogens is 1. The number of benzene rings is 1. The van der Waals surface area contributed by atoms with Crippen molar-refractivity contribution in [2.45, 2.75) is 11.4 Å². The van der Waals surface area contributed by atoms with E-state index in [4.69, 9.17) is 22.7 Å². The maximum atomic E-state index is 11.3. The molecule has 0 saturated heterocycles. The van der Waals surface area contributed by atoms with Gasteiger partial charge in [-0.05, 0) is 23.8 Å². The van der Waals surface area contributed by atoms with Crippen molar-refractivity contribution in [2.24, 2.45) is 5.73 Å². The first-order chi connectivity index (χ1) is 9.88. The zero-order valence-electron chi connectivity index (χ0n) is 10.7. The second kappa shape index (κ2) is 6.11. The van der Waals surface area contributed by atoms with Gasteiger partial charge in [-0.1, -0.05) is 23.7 Å². The smallest absolute Gasteiger partial charge is 0.252 e. The molecule has 0 aliphatic heterocycles. The van der Waals surface area contributed by atoms with E-state index in [-0.39, 0.29) is 27.5 Å². The van der Waals surface area contributed by atoms with Crippen molar-refractivity contribution in [3.8, 4) is 0 Å². The van der Waals surface area contributed by atoms with Crippen LogP contribution in [0, 0.1) is 5.41 Å². The average Bonchev–Trinajstić information content (AvgIpc) is 2.42. The number of pyridine rings is 1. The first-order valence-corrected chi connectivity index (χ1v) is 7.41. The summed E-state index contributed by atoms with van der Waals surface area (Å²) in [5, 5.41) is 8.21. The average molecular weight is 326 g/mol. The molecule has 0 unspecified atom stereocenters. The molecule has 1 heterocycles. The topological polar surface area (TPSA) is 106 Å². The zero-order chi connectivity index (χ0) is 15.6. The van der Waals surface area contributed by atoms with E-state index in [2.05, 4.69) is 0 Å². The minimum absolute atomic E-state index is 0.00792. The minimum Gasteiger partial charge on any atom is -0.365 e. The number of hydrogen-bond acceptors (Lipinski definition) is 4. The number of hydrogen-bond donors (Lipinski definition) is 3. The van der Waals surface area contributed by atoms with Crippen LogP contribution in [-0.2, 0) is 17.2 Å². The lowest BCUT2D eigenvalue weighted by Gasteiger charge is -2.10. The molecular formula is C13H12ClN3O3S. The maximum Gasteiger partial charge on any atom is 0.252 e. The summed E-state index contributed by atoms with van der Waals surface area (Å²) in [5.41, 5.74) is 5.80. The normalized spacial score (nSPS) is 10.8. The third kappa shape index (κ3) is 3.50. The lowest BCUT2D eigenvalue weighted by Crippen LogP contribution is -2.29. The van der Waals surface area contributed by atoms with Crippen molar-refractivity contribution in [2.75, 3.05) is 0 Å². The van der Waals surface area contributed by atoms with Gasteiger partial charge in [-0.3, -0.25) is 10.2 Å². The van der Waals surface area contributed by atoms with Crippen LogP contribution in [0.15, 0.2) is 41.4 Å². The fourth-order valence-corrected chi connectivity index (χ4v) is 2.60. The van der Waals surface area contributed by atoms with Gasteiger partial charge < -0.3 is 10.3 Å². The van der Waals surface area contributed by atoms with Crippen LogP contribution in [0.2, 0.25) is 5.02 Å². The number of carbonyl (C=O) groups is 1. The van der Waals surface area contributed by atoms with Crippen LogP contribution in [0.5, 0.6) is 0 Å². The van der Waals surface area contributed by atoms with Crippen LogP contribution < -0.4 is 11.2 Å². The third-order valence-electron chi connectivity index (χ3n) is 2.84. The molecule has 21 heavy (non-hydrogen) atoms. The summed E-state index contributed by atoms with van der Waals surface area (Å²) in [6.07, 6.45) is 1.49. The number of carbonyl (C=O) groups excluding carboxylic acids is 1. The van der Waals surface area contributed by atoms with Gasteiger partial charge in [-0.25, -0.2) is 8.42 Å². The van der Waals surface area contributed by atoms with E-state index in [0.717, 1.165) is 0 Å². The van der Waals surface area contributed by atoms with E-state index >= 15 is 0 Å². The molecule has 0 aliphatic rings. The fraction of sp³-hybridized carbons (Fsp3) is 0.0769. The van der Waals surface area contributed by atoms with Crippen molar-refractivity contribution in [1.82, 2.24) is 4.57 Å². The molecule has 0 aliphatic carbocycles. The summed E-state index contributed by atoms with van der Waals surface area (Å²) < 4.78 is 23.4. The molecular weight excluding hydrogens is 314 g/mol. The molecule has 0 spiro atoms. The Hall–Kier alpha value is -2.12. The number of nitrogens with zero attached hydrogens (tertiary/aromatic N) is 1. The predicted molar refractivity (Wildman–Crippen MR) is 77.9 cm³/mol. The van der Waals surface area contributed by atoms with Gasteiger partial charge in [0.1, 0.15) is 5.49 Å². The molecule has 1 aromatic heterocycles. The standard InChI is InChI=1S/C13H12ClN3O3S/c14-9-5-11(13(16)18)12(15)17(7-9)6-8-2-1-3-10(4-8)21(19)20/h1-5,7,15,21H,6H2,(H2,16,18). The van der Waals surface area contributed by atoms with Crippen LogP contribution in [0.4, 0.5) is 0 Å².